The second-order valence-electron chi connectivity index (χ2n) is 3.31. The molecule has 0 spiro atoms. The van der Waals surface area contributed by atoms with Crippen LogP contribution in [0.5, 0.6) is 0 Å². The van der Waals surface area contributed by atoms with Crippen molar-refractivity contribution < 1.29 is 0 Å². The second-order valence-corrected chi connectivity index (χ2v) is 3.31. The van der Waals surface area contributed by atoms with E-state index in [2.05, 4.69) is 20.3 Å². The van der Waals surface area contributed by atoms with Crippen LogP contribution in [-0.4, -0.2) is 26.1 Å². The monoisotopic (exact) mass is 206 g/mol. The van der Waals surface area contributed by atoms with Crippen molar-refractivity contribution in [3.8, 4) is 0 Å². The fourth-order valence-corrected chi connectivity index (χ4v) is 1.37. The number of aromatic nitrogens is 4. The largest absolute Gasteiger partial charge is 0.382 e. The van der Waals surface area contributed by atoms with Crippen LogP contribution in [-0.2, 0) is 6.54 Å². The van der Waals surface area contributed by atoms with Crippen molar-refractivity contribution in [1.82, 2.24) is 19.5 Å². The maximum atomic E-state index is 5.70. The lowest BCUT2D eigenvalue weighted by Gasteiger charge is -2.04. The number of nitrogen functional groups attached to an aromatic ring is 1. The number of nitrogens with one attached hydrogen (secondary N) is 2. The van der Waals surface area contributed by atoms with E-state index >= 15 is 0 Å². The van der Waals surface area contributed by atoms with Crippen LogP contribution in [0.1, 0.15) is 5.82 Å². The highest BCUT2D eigenvalue weighted by molar-refractivity contribution is 5.56. The zero-order valence-corrected chi connectivity index (χ0v) is 8.57. The third-order valence-electron chi connectivity index (χ3n) is 2.07. The number of hydrogen-bond acceptors (Lipinski definition) is 4. The standard InChI is InChI=1S/C9H14N6/c1-7-13-8(10)9(14-7)12-3-5-15-4-2-11-6-15/h2,4,6,12H,3,5,10H2,1H3,(H,13,14). The topological polar surface area (TPSA) is 84.6 Å². The Morgan fingerprint density at radius 2 is 2.47 bits per heavy atom. The number of nitrogens with zero attached hydrogens (tertiary/aromatic N) is 3. The van der Waals surface area contributed by atoms with Gasteiger partial charge in [0, 0.05) is 25.5 Å². The molecule has 0 atom stereocenters. The van der Waals surface area contributed by atoms with E-state index in [4.69, 9.17) is 5.73 Å². The predicted octanol–water partition coefficient (Wildman–Crippen LogP) is 0.609. The minimum atomic E-state index is 0.582. The molecule has 0 amide bonds. The van der Waals surface area contributed by atoms with Crippen molar-refractivity contribution >= 4 is 11.6 Å². The Kier molecular flexibility index (Phi) is 2.57. The summed E-state index contributed by atoms with van der Waals surface area (Å²) in [6, 6.07) is 0. The van der Waals surface area contributed by atoms with Crippen LogP contribution in [0.3, 0.4) is 0 Å². The zero-order chi connectivity index (χ0) is 10.7. The van der Waals surface area contributed by atoms with Crippen molar-refractivity contribution in [2.45, 2.75) is 13.5 Å². The van der Waals surface area contributed by atoms with Crippen LogP contribution in [0.2, 0.25) is 0 Å². The summed E-state index contributed by atoms with van der Waals surface area (Å²) < 4.78 is 1.99. The first-order valence-corrected chi connectivity index (χ1v) is 4.77. The molecule has 0 unspecified atom stereocenters. The molecule has 0 fully saturated rings. The first-order chi connectivity index (χ1) is 7.25. The highest BCUT2D eigenvalue weighted by atomic mass is 15.1. The van der Waals surface area contributed by atoms with Crippen LogP contribution >= 0.6 is 0 Å². The summed E-state index contributed by atoms with van der Waals surface area (Å²) in [6.07, 6.45) is 5.45. The summed E-state index contributed by atoms with van der Waals surface area (Å²) in [5.74, 6) is 2.11. The summed E-state index contributed by atoms with van der Waals surface area (Å²) in [7, 11) is 0. The Bertz CT molecular complexity index is 416. The summed E-state index contributed by atoms with van der Waals surface area (Å²) in [5.41, 5.74) is 5.70. The molecule has 2 rings (SSSR count). The molecule has 0 radical (unpaired) electrons. The molecule has 2 aromatic rings. The van der Waals surface area contributed by atoms with E-state index in [-0.39, 0.29) is 0 Å². The number of nitrogens with two attached hydrogens (primary N) is 1. The Balaban J connectivity index is 1.86. The maximum Gasteiger partial charge on any atom is 0.168 e. The lowest BCUT2D eigenvalue weighted by Crippen LogP contribution is -2.10. The SMILES string of the molecule is Cc1nc(NCCn2ccnc2)c(N)[nH]1. The quantitative estimate of drug-likeness (QED) is 0.684. The Hall–Kier alpha value is -1.98. The van der Waals surface area contributed by atoms with E-state index in [1.807, 2.05) is 17.7 Å². The number of rotatable bonds is 4. The molecule has 15 heavy (non-hydrogen) atoms. The lowest BCUT2D eigenvalue weighted by molar-refractivity contribution is 0.726. The first-order valence-electron chi connectivity index (χ1n) is 4.77. The van der Waals surface area contributed by atoms with Gasteiger partial charge < -0.3 is 20.6 Å². The third-order valence-corrected chi connectivity index (χ3v) is 2.07. The van der Waals surface area contributed by atoms with Gasteiger partial charge in [-0.05, 0) is 6.92 Å². The smallest absolute Gasteiger partial charge is 0.168 e. The van der Waals surface area contributed by atoms with E-state index < -0.39 is 0 Å². The minimum absolute atomic E-state index is 0.582. The van der Waals surface area contributed by atoms with Gasteiger partial charge in [-0.15, -0.1) is 0 Å². The predicted molar refractivity (Wildman–Crippen MR) is 58.5 cm³/mol. The highest BCUT2D eigenvalue weighted by Gasteiger charge is 2.02. The third kappa shape index (κ3) is 2.28. The molecule has 0 saturated carbocycles. The molecule has 6 heteroatoms. The average Bonchev–Trinajstić information content (AvgIpc) is 2.77. The Morgan fingerprint density at radius 3 is 3.07 bits per heavy atom. The maximum absolute atomic E-state index is 5.70. The molecule has 0 aliphatic rings. The normalized spacial score (nSPS) is 10.5. The zero-order valence-electron chi connectivity index (χ0n) is 8.57. The van der Waals surface area contributed by atoms with Gasteiger partial charge in [-0.3, -0.25) is 0 Å². The summed E-state index contributed by atoms with van der Waals surface area (Å²) in [6.45, 7) is 3.48. The summed E-state index contributed by atoms with van der Waals surface area (Å²) >= 11 is 0. The van der Waals surface area contributed by atoms with Gasteiger partial charge in [0.05, 0.1) is 6.33 Å². The van der Waals surface area contributed by atoms with E-state index in [9.17, 15) is 0 Å². The van der Waals surface area contributed by atoms with Gasteiger partial charge in [0.15, 0.2) is 5.82 Å². The number of aryl methyl sites for hydroxylation is 1. The van der Waals surface area contributed by atoms with Gasteiger partial charge in [-0.2, -0.15) is 0 Å². The van der Waals surface area contributed by atoms with Crippen molar-refractivity contribution in [1.29, 1.82) is 0 Å². The van der Waals surface area contributed by atoms with Gasteiger partial charge in [0.25, 0.3) is 0 Å². The van der Waals surface area contributed by atoms with Crippen LogP contribution in [0.25, 0.3) is 0 Å². The highest BCUT2D eigenvalue weighted by Crippen LogP contribution is 2.12. The molecule has 6 nitrogen and oxygen atoms in total. The van der Waals surface area contributed by atoms with E-state index in [0.29, 0.717) is 11.6 Å². The molecule has 80 valence electrons. The van der Waals surface area contributed by atoms with Crippen molar-refractivity contribution in [2.24, 2.45) is 0 Å². The number of H-pyrrole nitrogens is 1. The lowest BCUT2D eigenvalue weighted by atomic mass is 10.5. The molecule has 0 aromatic carbocycles. The number of hydrogen-bond donors (Lipinski definition) is 3. The van der Waals surface area contributed by atoms with Gasteiger partial charge in [0.1, 0.15) is 11.6 Å². The molecular weight excluding hydrogens is 192 g/mol. The van der Waals surface area contributed by atoms with E-state index in [1.54, 1.807) is 12.5 Å². The Labute approximate surface area is 87.5 Å². The number of imidazole rings is 2. The molecule has 2 aromatic heterocycles. The van der Waals surface area contributed by atoms with Crippen LogP contribution in [0.15, 0.2) is 18.7 Å². The van der Waals surface area contributed by atoms with Crippen LogP contribution < -0.4 is 11.1 Å². The molecular formula is C9H14N6. The van der Waals surface area contributed by atoms with E-state index in [0.717, 1.165) is 18.9 Å². The van der Waals surface area contributed by atoms with Gasteiger partial charge in [-0.1, -0.05) is 0 Å². The average molecular weight is 206 g/mol. The van der Waals surface area contributed by atoms with Gasteiger partial charge in [-0.25, -0.2) is 9.97 Å². The van der Waals surface area contributed by atoms with Gasteiger partial charge >= 0.3 is 0 Å². The Morgan fingerprint density at radius 1 is 1.60 bits per heavy atom. The van der Waals surface area contributed by atoms with Crippen molar-refractivity contribution in [3.05, 3.63) is 24.5 Å². The van der Waals surface area contributed by atoms with Crippen molar-refractivity contribution in [2.75, 3.05) is 17.6 Å². The van der Waals surface area contributed by atoms with E-state index in [1.165, 1.54) is 0 Å². The second kappa shape index (κ2) is 4.04. The number of aromatic amines is 1. The molecule has 2 heterocycles. The summed E-state index contributed by atoms with van der Waals surface area (Å²) in [4.78, 5) is 11.1. The van der Waals surface area contributed by atoms with Crippen LogP contribution in [0, 0.1) is 6.92 Å². The van der Waals surface area contributed by atoms with Crippen LogP contribution in [0.4, 0.5) is 11.6 Å². The fourth-order valence-electron chi connectivity index (χ4n) is 1.37. The molecule has 0 bridgehead atoms. The first kappa shape index (κ1) is 9.57. The minimum Gasteiger partial charge on any atom is -0.382 e. The molecule has 0 saturated heterocycles. The molecule has 0 aliphatic heterocycles. The fraction of sp³-hybridized carbons (Fsp3) is 0.333. The molecule has 0 aliphatic carbocycles. The molecule has 4 N–H and O–H groups in total. The number of anilines is 2. The van der Waals surface area contributed by atoms with Gasteiger partial charge in [0.2, 0.25) is 0 Å². The summed E-state index contributed by atoms with van der Waals surface area (Å²) in [5, 5.41) is 3.16. The van der Waals surface area contributed by atoms with Crippen molar-refractivity contribution in [3.63, 3.8) is 0 Å².